The van der Waals surface area contributed by atoms with E-state index < -0.39 is 0 Å². The van der Waals surface area contributed by atoms with Crippen LogP contribution in [0, 0.1) is 0 Å². The summed E-state index contributed by atoms with van der Waals surface area (Å²) in [6.45, 7) is 6.13. The van der Waals surface area contributed by atoms with Crippen molar-refractivity contribution in [3.05, 3.63) is 59.2 Å². The molecule has 2 aromatic rings. The first-order valence-electron chi connectivity index (χ1n) is 9.05. The lowest BCUT2D eigenvalue weighted by Crippen LogP contribution is -2.30. The van der Waals surface area contributed by atoms with E-state index in [0.717, 1.165) is 47.9 Å². The summed E-state index contributed by atoms with van der Waals surface area (Å²) in [6, 6.07) is 7.89. The molecule has 0 aliphatic carbocycles. The van der Waals surface area contributed by atoms with Crippen molar-refractivity contribution in [2.45, 2.75) is 25.9 Å². The second-order valence-corrected chi connectivity index (χ2v) is 6.72. The molecule has 0 fully saturated rings. The molecule has 0 saturated heterocycles. The van der Waals surface area contributed by atoms with Crippen molar-refractivity contribution in [2.24, 2.45) is 0 Å². The fraction of sp³-hybridized carbons (Fsp3) is 0.364. The minimum Gasteiger partial charge on any atom is -0.507 e. The maximum atomic E-state index is 10.6. The first-order valence-corrected chi connectivity index (χ1v) is 9.05. The molecule has 1 aliphatic rings. The number of allylic oxidation sites excluding steroid dienone is 1. The second-order valence-electron chi connectivity index (χ2n) is 6.72. The van der Waals surface area contributed by atoms with Gasteiger partial charge < -0.3 is 19.3 Å². The van der Waals surface area contributed by atoms with Gasteiger partial charge in [0.2, 0.25) is 0 Å². The molecule has 0 amide bonds. The summed E-state index contributed by atoms with van der Waals surface area (Å²) in [4.78, 5) is 2.32. The first kappa shape index (κ1) is 19.1. The number of hydrogen-bond donors (Lipinski definition) is 1. The Morgan fingerprint density at radius 2 is 1.67 bits per heavy atom. The van der Waals surface area contributed by atoms with Gasteiger partial charge in [0.05, 0.1) is 21.3 Å². The van der Waals surface area contributed by atoms with Crippen molar-refractivity contribution in [3.63, 3.8) is 0 Å². The molecule has 27 heavy (non-hydrogen) atoms. The fourth-order valence-corrected chi connectivity index (χ4v) is 3.60. The largest absolute Gasteiger partial charge is 0.507 e. The van der Waals surface area contributed by atoms with Crippen LogP contribution in [0.4, 0.5) is 0 Å². The molecular formula is C22H27NO4. The van der Waals surface area contributed by atoms with Crippen molar-refractivity contribution in [1.82, 2.24) is 4.90 Å². The first-order chi connectivity index (χ1) is 13.1. The number of ether oxygens (including phenoxy) is 3. The van der Waals surface area contributed by atoms with Gasteiger partial charge >= 0.3 is 0 Å². The van der Waals surface area contributed by atoms with Crippen LogP contribution in [0.5, 0.6) is 23.0 Å². The maximum Gasteiger partial charge on any atom is 0.161 e. The van der Waals surface area contributed by atoms with E-state index in [1.165, 1.54) is 11.1 Å². The minimum atomic E-state index is 0.328. The van der Waals surface area contributed by atoms with Gasteiger partial charge in [-0.25, -0.2) is 0 Å². The van der Waals surface area contributed by atoms with E-state index in [1.54, 1.807) is 27.4 Å². The summed E-state index contributed by atoms with van der Waals surface area (Å²) >= 11 is 0. The number of phenolic OH excluding ortho intramolecular Hbond substituents is 1. The Morgan fingerprint density at radius 3 is 2.30 bits per heavy atom. The van der Waals surface area contributed by atoms with E-state index in [2.05, 4.69) is 23.6 Å². The van der Waals surface area contributed by atoms with Gasteiger partial charge in [-0.3, -0.25) is 4.90 Å². The van der Waals surface area contributed by atoms with E-state index in [4.69, 9.17) is 14.2 Å². The van der Waals surface area contributed by atoms with E-state index in [0.29, 0.717) is 18.7 Å². The van der Waals surface area contributed by atoms with Gasteiger partial charge in [0.1, 0.15) is 11.5 Å². The number of phenols is 1. The minimum absolute atomic E-state index is 0.328. The molecule has 5 heteroatoms. The molecule has 0 saturated carbocycles. The molecule has 1 heterocycles. The van der Waals surface area contributed by atoms with Crippen LogP contribution in [0.25, 0.3) is 0 Å². The smallest absolute Gasteiger partial charge is 0.161 e. The van der Waals surface area contributed by atoms with Crippen LogP contribution in [-0.2, 0) is 25.9 Å². The molecule has 0 atom stereocenters. The monoisotopic (exact) mass is 369 g/mol. The third kappa shape index (κ3) is 4.03. The van der Waals surface area contributed by atoms with Crippen molar-refractivity contribution in [2.75, 3.05) is 27.9 Å². The van der Waals surface area contributed by atoms with Crippen LogP contribution in [0.2, 0.25) is 0 Å². The Hall–Kier alpha value is -2.66. The van der Waals surface area contributed by atoms with Gasteiger partial charge in [-0.15, -0.1) is 6.58 Å². The summed E-state index contributed by atoms with van der Waals surface area (Å²) in [7, 11) is 4.96. The van der Waals surface area contributed by atoms with Crippen molar-refractivity contribution < 1.29 is 19.3 Å². The van der Waals surface area contributed by atoms with E-state index in [1.807, 2.05) is 12.1 Å². The predicted octanol–water partition coefficient (Wildman–Crippen LogP) is 3.70. The lowest BCUT2D eigenvalue weighted by atomic mass is 9.97. The Morgan fingerprint density at radius 1 is 1.00 bits per heavy atom. The highest BCUT2D eigenvalue weighted by atomic mass is 16.5. The standard InChI is InChI=1S/C22H27NO4/c1-5-6-16-9-19(25-2)10-18(22(16)24)14-23-8-7-15-11-20(26-3)21(27-4)12-17(15)13-23/h5,9-12,24H,1,6-8,13-14H2,2-4H3. The molecule has 2 aromatic carbocycles. The van der Waals surface area contributed by atoms with Crippen LogP contribution in [0.1, 0.15) is 22.3 Å². The van der Waals surface area contributed by atoms with Crippen molar-refractivity contribution in [1.29, 1.82) is 0 Å². The molecule has 144 valence electrons. The third-order valence-corrected chi connectivity index (χ3v) is 5.03. The molecule has 0 unspecified atom stereocenters. The van der Waals surface area contributed by atoms with Crippen LogP contribution in [0.3, 0.4) is 0 Å². The van der Waals surface area contributed by atoms with E-state index in [9.17, 15) is 5.11 Å². The Kier molecular flexibility index (Phi) is 5.91. The van der Waals surface area contributed by atoms with Crippen molar-refractivity contribution >= 4 is 0 Å². The lowest BCUT2D eigenvalue weighted by Gasteiger charge is -2.30. The van der Waals surface area contributed by atoms with Crippen LogP contribution in [0.15, 0.2) is 36.9 Å². The summed E-state index contributed by atoms with van der Waals surface area (Å²) < 4.78 is 16.3. The highest BCUT2D eigenvalue weighted by Crippen LogP contribution is 2.35. The van der Waals surface area contributed by atoms with Gasteiger partial charge in [-0.1, -0.05) is 6.08 Å². The summed E-state index contributed by atoms with van der Waals surface area (Å²) in [5.41, 5.74) is 4.22. The summed E-state index contributed by atoms with van der Waals surface area (Å²) in [5, 5.41) is 10.6. The van der Waals surface area contributed by atoms with E-state index in [-0.39, 0.29) is 0 Å². The SMILES string of the molecule is C=CCc1cc(OC)cc(CN2CCc3cc(OC)c(OC)cc3C2)c1O. The Bertz CT molecular complexity index is 832. The highest BCUT2D eigenvalue weighted by Gasteiger charge is 2.21. The molecule has 5 nitrogen and oxygen atoms in total. The molecule has 1 aliphatic heterocycles. The number of hydrogen-bond acceptors (Lipinski definition) is 5. The molecule has 0 bridgehead atoms. The van der Waals surface area contributed by atoms with E-state index >= 15 is 0 Å². The molecule has 0 spiro atoms. The third-order valence-electron chi connectivity index (χ3n) is 5.03. The fourth-order valence-electron chi connectivity index (χ4n) is 3.60. The number of methoxy groups -OCH3 is 3. The topological polar surface area (TPSA) is 51.2 Å². The molecule has 1 N–H and O–H groups in total. The number of nitrogens with zero attached hydrogens (tertiary/aromatic N) is 1. The van der Waals surface area contributed by atoms with Crippen LogP contribution < -0.4 is 14.2 Å². The second kappa shape index (κ2) is 8.35. The van der Waals surface area contributed by atoms with Gasteiger partial charge in [0.15, 0.2) is 11.5 Å². The zero-order chi connectivity index (χ0) is 19.4. The Labute approximate surface area is 160 Å². The van der Waals surface area contributed by atoms with Gasteiger partial charge in [-0.05, 0) is 48.2 Å². The highest BCUT2D eigenvalue weighted by molar-refractivity contribution is 5.49. The maximum absolute atomic E-state index is 10.6. The molecule has 0 radical (unpaired) electrons. The molecular weight excluding hydrogens is 342 g/mol. The van der Waals surface area contributed by atoms with Gasteiger partial charge in [0.25, 0.3) is 0 Å². The predicted molar refractivity (Wildman–Crippen MR) is 106 cm³/mol. The van der Waals surface area contributed by atoms with Gasteiger partial charge in [0, 0.05) is 30.8 Å². The van der Waals surface area contributed by atoms with Crippen molar-refractivity contribution in [3.8, 4) is 23.0 Å². The normalized spacial score (nSPS) is 13.7. The lowest BCUT2D eigenvalue weighted by molar-refractivity contribution is 0.240. The zero-order valence-electron chi connectivity index (χ0n) is 16.2. The number of fused-ring (bicyclic) bond motifs is 1. The number of rotatable bonds is 7. The number of aromatic hydroxyl groups is 1. The average Bonchev–Trinajstić information content (AvgIpc) is 2.69. The van der Waals surface area contributed by atoms with Gasteiger partial charge in [-0.2, -0.15) is 0 Å². The summed E-state index contributed by atoms with van der Waals surface area (Å²) in [5.74, 6) is 2.59. The average molecular weight is 369 g/mol. The quantitative estimate of drug-likeness (QED) is 0.754. The zero-order valence-corrected chi connectivity index (χ0v) is 16.2. The van der Waals surface area contributed by atoms with Crippen LogP contribution >= 0.6 is 0 Å². The molecule has 3 rings (SSSR count). The molecule has 0 aromatic heterocycles. The Balaban J connectivity index is 1.84. The number of benzene rings is 2. The summed E-state index contributed by atoms with van der Waals surface area (Å²) in [6.07, 6.45) is 3.32. The van der Waals surface area contributed by atoms with Crippen LogP contribution in [-0.4, -0.2) is 37.9 Å².